The van der Waals surface area contributed by atoms with Crippen LogP contribution in [0, 0.1) is 0 Å². The van der Waals surface area contributed by atoms with Crippen LogP contribution in [-0.4, -0.2) is 11.8 Å². The van der Waals surface area contributed by atoms with E-state index in [4.69, 9.17) is 4.74 Å². The zero-order chi connectivity index (χ0) is 18.6. The topological polar surface area (TPSA) is 67.8 Å². The van der Waals surface area contributed by atoms with Gasteiger partial charge in [-0.3, -0.25) is 14.9 Å². The van der Waals surface area contributed by atoms with Gasteiger partial charge in [-0.05, 0) is 24.3 Å². The van der Waals surface area contributed by atoms with Gasteiger partial charge in [-0.1, -0.05) is 54.6 Å². The number of hydrogen-bond donors (Lipinski definition) is 1. The van der Waals surface area contributed by atoms with Crippen LogP contribution in [0.5, 0.6) is 0 Å². The van der Waals surface area contributed by atoms with E-state index in [1.165, 1.54) is 0 Å². The van der Waals surface area contributed by atoms with Crippen LogP contribution in [0.25, 0.3) is 6.26 Å². The molecule has 0 saturated heterocycles. The molecule has 0 aromatic heterocycles. The standard InChI is InChI=1S/C14H11NO.C8H5NO2/c1-2-6-11(7-3-1)14-15-13-9-5-4-8-12(13)10-16-14;10-7-5-3-1-2-4-6(5)8(11)9-7/h1-10,14H;1-4H,(H,9,10,11). The third-order valence-electron chi connectivity index (χ3n) is 4.25. The number of nitrogens with one attached hydrogen (secondary N) is 1. The van der Waals surface area contributed by atoms with Crippen LogP contribution in [-0.2, 0) is 4.74 Å². The zero-order valence-corrected chi connectivity index (χ0v) is 14.3. The fourth-order valence-corrected chi connectivity index (χ4v) is 2.89. The third kappa shape index (κ3) is 3.48. The maximum absolute atomic E-state index is 10.9. The van der Waals surface area contributed by atoms with Crippen molar-refractivity contribution in [1.82, 2.24) is 5.32 Å². The average molecular weight is 356 g/mol. The van der Waals surface area contributed by atoms with E-state index in [1.54, 1.807) is 30.5 Å². The Labute approximate surface area is 155 Å². The molecule has 5 heteroatoms. The summed E-state index contributed by atoms with van der Waals surface area (Å²) >= 11 is 0. The number of hydrogen-bond acceptors (Lipinski definition) is 4. The van der Waals surface area contributed by atoms with Crippen LogP contribution >= 0.6 is 0 Å². The van der Waals surface area contributed by atoms with Crippen molar-refractivity contribution < 1.29 is 14.3 Å². The van der Waals surface area contributed by atoms with Gasteiger partial charge in [-0.25, -0.2) is 4.99 Å². The van der Waals surface area contributed by atoms with Gasteiger partial charge in [0.1, 0.15) is 0 Å². The van der Waals surface area contributed by atoms with E-state index in [9.17, 15) is 9.59 Å². The van der Waals surface area contributed by atoms with E-state index in [2.05, 4.69) is 10.3 Å². The van der Waals surface area contributed by atoms with Gasteiger partial charge in [-0.2, -0.15) is 0 Å². The van der Waals surface area contributed by atoms with Crippen LogP contribution < -0.4 is 15.9 Å². The lowest BCUT2D eigenvalue weighted by Gasteiger charge is -2.15. The Morgan fingerprint density at radius 3 is 2.04 bits per heavy atom. The summed E-state index contributed by atoms with van der Waals surface area (Å²) in [5, 5.41) is 4.23. The first-order chi connectivity index (χ1) is 13.2. The number of rotatable bonds is 1. The van der Waals surface area contributed by atoms with Gasteiger partial charge in [0.2, 0.25) is 6.23 Å². The van der Waals surface area contributed by atoms with Crippen LogP contribution in [0.1, 0.15) is 32.5 Å². The Balaban J connectivity index is 0.000000143. The molecule has 0 radical (unpaired) electrons. The molecule has 27 heavy (non-hydrogen) atoms. The normalized spacial score (nSPS) is 16.4. The lowest BCUT2D eigenvalue weighted by molar-refractivity contribution is 0.0879. The first-order valence-electron chi connectivity index (χ1n) is 8.50. The molecule has 5 rings (SSSR count). The molecule has 1 unspecified atom stereocenters. The van der Waals surface area contributed by atoms with E-state index < -0.39 is 0 Å². The molecule has 0 spiro atoms. The zero-order valence-electron chi connectivity index (χ0n) is 14.3. The Hall–Kier alpha value is -3.73. The third-order valence-corrected chi connectivity index (χ3v) is 4.25. The van der Waals surface area contributed by atoms with Crippen molar-refractivity contribution in [3.05, 3.63) is 106 Å². The molecule has 2 aliphatic heterocycles. The minimum Gasteiger partial charge on any atom is -0.471 e. The number of fused-ring (bicyclic) bond motifs is 2. The molecule has 2 heterocycles. The van der Waals surface area contributed by atoms with Crippen LogP contribution in [0.4, 0.5) is 0 Å². The second-order valence-corrected chi connectivity index (χ2v) is 6.03. The summed E-state index contributed by atoms with van der Waals surface area (Å²) in [7, 11) is 0. The van der Waals surface area contributed by atoms with Crippen molar-refractivity contribution in [2.24, 2.45) is 4.99 Å². The Morgan fingerprint density at radius 2 is 1.33 bits per heavy atom. The van der Waals surface area contributed by atoms with Gasteiger partial charge in [0.25, 0.3) is 11.8 Å². The maximum Gasteiger partial charge on any atom is 0.258 e. The number of benzene rings is 3. The van der Waals surface area contributed by atoms with Gasteiger partial charge >= 0.3 is 0 Å². The second kappa shape index (κ2) is 7.25. The van der Waals surface area contributed by atoms with Crippen LogP contribution in [0.3, 0.4) is 0 Å². The summed E-state index contributed by atoms with van der Waals surface area (Å²) in [4.78, 5) is 26.5. The number of amides is 2. The van der Waals surface area contributed by atoms with E-state index in [1.807, 2.05) is 54.6 Å². The lowest BCUT2D eigenvalue weighted by atomic mass is 10.1. The first kappa shape index (κ1) is 16.7. The number of carbonyl (C=O) groups excluding carboxylic acids is 2. The molecular weight excluding hydrogens is 340 g/mol. The first-order valence-corrected chi connectivity index (χ1v) is 8.50. The Bertz CT molecular complexity index is 1090. The average Bonchev–Trinajstić information content (AvgIpc) is 3.03. The van der Waals surface area contributed by atoms with Gasteiger partial charge in [0.05, 0.1) is 22.7 Å². The fourth-order valence-electron chi connectivity index (χ4n) is 2.89. The van der Waals surface area contributed by atoms with Crippen LogP contribution in [0.15, 0.2) is 83.9 Å². The molecule has 3 aromatic rings. The van der Waals surface area contributed by atoms with E-state index >= 15 is 0 Å². The molecule has 0 aliphatic carbocycles. The molecule has 3 aromatic carbocycles. The highest BCUT2D eigenvalue weighted by molar-refractivity contribution is 6.21. The largest absolute Gasteiger partial charge is 0.471 e. The van der Waals surface area contributed by atoms with Gasteiger partial charge in [-0.15, -0.1) is 0 Å². The summed E-state index contributed by atoms with van der Waals surface area (Å²) in [6, 6.07) is 24.7. The van der Waals surface area contributed by atoms with Crippen molar-refractivity contribution in [3.8, 4) is 0 Å². The molecule has 2 amide bonds. The highest BCUT2D eigenvalue weighted by Gasteiger charge is 2.25. The van der Waals surface area contributed by atoms with Gasteiger partial charge < -0.3 is 4.74 Å². The smallest absolute Gasteiger partial charge is 0.258 e. The number of nitrogens with zero attached hydrogens (tertiary/aromatic N) is 1. The summed E-state index contributed by atoms with van der Waals surface area (Å²) in [5.74, 6) is -0.601. The second-order valence-electron chi connectivity index (χ2n) is 6.03. The quantitative estimate of drug-likeness (QED) is 0.681. The fraction of sp³-hybridized carbons (Fsp3) is 0.0455. The van der Waals surface area contributed by atoms with Crippen LogP contribution in [0.2, 0.25) is 0 Å². The molecule has 2 aliphatic rings. The van der Waals surface area contributed by atoms with Crippen molar-refractivity contribution in [3.63, 3.8) is 0 Å². The maximum atomic E-state index is 10.9. The monoisotopic (exact) mass is 356 g/mol. The highest BCUT2D eigenvalue weighted by Crippen LogP contribution is 2.18. The number of ether oxygens (including phenoxy) is 1. The lowest BCUT2D eigenvalue weighted by Crippen LogP contribution is -2.29. The molecule has 1 atom stereocenters. The van der Waals surface area contributed by atoms with E-state index in [0.717, 1.165) is 16.1 Å². The Morgan fingerprint density at radius 1 is 0.741 bits per heavy atom. The summed E-state index contributed by atoms with van der Waals surface area (Å²) in [6.07, 6.45) is 1.57. The summed E-state index contributed by atoms with van der Waals surface area (Å²) in [5.41, 5.74) is 2.02. The molecule has 132 valence electrons. The minimum atomic E-state index is -0.300. The molecule has 0 saturated carbocycles. The van der Waals surface area contributed by atoms with Crippen molar-refractivity contribution >= 4 is 18.1 Å². The Kier molecular flexibility index (Phi) is 4.49. The predicted octanol–water partition coefficient (Wildman–Crippen LogP) is 2.34. The predicted molar refractivity (Wildman–Crippen MR) is 100 cm³/mol. The highest BCUT2D eigenvalue weighted by atomic mass is 16.5. The van der Waals surface area contributed by atoms with Gasteiger partial charge in [0, 0.05) is 10.8 Å². The molecule has 1 N–H and O–H groups in total. The number of para-hydroxylation sites is 1. The SMILES string of the molecule is C1=c2ccccc2=NC(c2ccccc2)O1.O=C1NC(=O)c2ccccc21. The molecule has 0 bridgehead atoms. The number of carbonyl (C=O) groups is 2. The summed E-state index contributed by atoms with van der Waals surface area (Å²) < 4.78 is 5.60. The summed E-state index contributed by atoms with van der Waals surface area (Å²) in [6.45, 7) is 0. The van der Waals surface area contributed by atoms with Crippen molar-refractivity contribution in [2.45, 2.75) is 6.23 Å². The van der Waals surface area contributed by atoms with Crippen molar-refractivity contribution in [1.29, 1.82) is 0 Å². The minimum absolute atomic E-state index is 0.212. The molecule has 5 nitrogen and oxygen atoms in total. The van der Waals surface area contributed by atoms with Gasteiger partial charge in [0.15, 0.2) is 0 Å². The molecular formula is C22H16N2O3. The number of imide groups is 1. The van der Waals surface area contributed by atoms with E-state index in [-0.39, 0.29) is 18.0 Å². The van der Waals surface area contributed by atoms with E-state index in [0.29, 0.717) is 11.1 Å². The van der Waals surface area contributed by atoms with Crippen molar-refractivity contribution in [2.75, 3.05) is 0 Å². The molecule has 0 fully saturated rings.